The maximum Gasteiger partial charge on any atom is 0.280 e. The summed E-state index contributed by atoms with van der Waals surface area (Å²) in [5.41, 5.74) is 6.09. The van der Waals surface area contributed by atoms with Crippen molar-refractivity contribution in [1.82, 2.24) is 30.2 Å². The molecule has 18 heteroatoms. The lowest BCUT2D eigenvalue weighted by Gasteiger charge is -2.17. The molecular weight excluding hydrogens is 709 g/mol. The molecular formula is C33H49ClFN7O8S. The first-order valence-electron chi connectivity index (χ1n) is 16.9. The van der Waals surface area contributed by atoms with Gasteiger partial charge >= 0.3 is 0 Å². The molecule has 1 atom stereocenters. The fraction of sp³-hybridized carbons (Fsp3) is 0.606. The molecule has 0 unspecified atom stereocenters. The van der Waals surface area contributed by atoms with E-state index in [0.29, 0.717) is 69.5 Å². The Balaban J connectivity index is 1.30. The first-order valence-corrected chi connectivity index (χ1v) is 18.4. The van der Waals surface area contributed by atoms with Gasteiger partial charge in [-0.1, -0.05) is 36.7 Å². The molecule has 0 fully saturated rings. The molecule has 51 heavy (non-hydrogen) atoms. The Morgan fingerprint density at radius 1 is 0.941 bits per heavy atom. The van der Waals surface area contributed by atoms with Gasteiger partial charge in [0.05, 0.1) is 66.0 Å². The number of ether oxygens (including phenoxy) is 5. The van der Waals surface area contributed by atoms with Crippen LogP contribution in [-0.4, -0.2) is 122 Å². The second kappa shape index (κ2) is 24.8. The van der Waals surface area contributed by atoms with Crippen LogP contribution in [0.4, 0.5) is 10.3 Å². The number of nitrogens with one attached hydrogen (secondary N) is 3. The third-order valence-electron chi connectivity index (χ3n) is 7.10. The molecule has 5 N–H and O–H groups in total. The van der Waals surface area contributed by atoms with Crippen molar-refractivity contribution in [2.45, 2.75) is 50.4 Å². The van der Waals surface area contributed by atoms with E-state index in [0.717, 1.165) is 44.1 Å². The number of anilines is 1. The zero-order valence-corrected chi connectivity index (χ0v) is 30.5. The van der Waals surface area contributed by atoms with Gasteiger partial charge < -0.3 is 40.1 Å². The van der Waals surface area contributed by atoms with Crippen molar-refractivity contribution >= 4 is 52.3 Å². The summed E-state index contributed by atoms with van der Waals surface area (Å²) in [6.07, 6.45) is 4.37. The number of hydrogen-bond donors (Lipinski definition) is 4. The highest BCUT2D eigenvalue weighted by molar-refractivity contribution is 7.99. The number of thioether (sulfide) groups is 1. The first kappa shape index (κ1) is 42.1. The van der Waals surface area contributed by atoms with Crippen molar-refractivity contribution in [3.63, 3.8) is 0 Å². The maximum absolute atomic E-state index is 13.9. The number of carbonyl (C=O) groups excluding carboxylic acids is 2. The Morgan fingerprint density at radius 2 is 1.57 bits per heavy atom. The number of amides is 2. The number of H-pyrrole nitrogens is 1. The van der Waals surface area contributed by atoms with Crippen molar-refractivity contribution in [2.75, 3.05) is 90.0 Å². The van der Waals surface area contributed by atoms with E-state index in [2.05, 4.69) is 25.6 Å². The zero-order chi connectivity index (χ0) is 36.7. The molecule has 0 radical (unpaired) electrons. The zero-order valence-electron chi connectivity index (χ0n) is 29.0. The molecule has 0 bridgehead atoms. The summed E-state index contributed by atoms with van der Waals surface area (Å²) < 4.78 is 43.0. The number of unbranched alkanes of at least 4 members (excludes halogenated alkanes) is 3. The summed E-state index contributed by atoms with van der Waals surface area (Å²) in [6, 6.07) is 5.06. The lowest BCUT2D eigenvalue weighted by Crippen LogP contribution is -2.48. The number of hydrogen-bond acceptors (Lipinski definition) is 12. The molecule has 2 aromatic heterocycles. The van der Waals surface area contributed by atoms with Crippen LogP contribution in [-0.2, 0) is 39.8 Å². The second-order valence-corrected chi connectivity index (χ2v) is 12.6. The first-order chi connectivity index (χ1) is 24.8. The average molecular weight is 758 g/mol. The summed E-state index contributed by atoms with van der Waals surface area (Å²) in [7, 11) is 0. The summed E-state index contributed by atoms with van der Waals surface area (Å²) in [6.45, 7) is 6.23. The quantitative estimate of drug-likeness (QED) is 0.0481. The van der Waals surface area contributed by atoms with Gasteiger partial charge in [-0.3, -0.25) is 23.9 Å². The molecule has 0 spiro atoms. The summed E-state index contributed by atoms with van der Waals surface area (Å²) in [5.74, 6) is -0.543. The maximum atomic E-state index is 13.9. The summed E-state index contributed by atoms with van der Waals surface area (Å²) >= 11 is 6.79. The van der Waals surface area contributed by atoms with Gasteiger partial charge in [0.2, 0.25) is 17.8 Å². The smallest absolute Gasteiger partial charge is 0.280 e. The van der Waals surface area contributed by atoms with Crippen LogP contribution in [0.3, 0.4) is 0 Å². The predicted molar refractivity (Wildman–Crippen MR) is 193 cm³/mol. The van der Waals surface area contributed by atoms with E-state index >= 15 is 0 Å². The standard InChI is InChI=1S/C33H49ClFN7O8S/c1-24(43)38-27(23-51-33-39-28-29(40-32(36)41-31(28)45)42(33)22-25-7-6-8-26(35)21-25)30(44)37-10-12-47-14-16-49-18-20-50-19-17-48-15-13-46-11-5-3-2-4-9-34/h6-8,21,27H,2-5,9-20,22-23H2,1H3,(H,37,44)(H,38,43)(H3,36,40,41,45)/t27-/m1/s1. The average Bonchev–Trinajstić information content (AvgIpc) is 3.43. The van der Waals surface area contributed by atoms with Crippen molar-refractivity contribution in [2.24, 2.45) is 0 Å². The molecule has 15 nitrogen and oxygen atoms in total. The van der Waals surface area contributed by atoms with Crippen LogP contribution >= 0.6 is 23.4 Å². The minimum atomic E-state index is -0.922. The normalized spacial score (nSPS) is 12.0. The number of aromatic amines is 1. The van der Waals surface area contributed by atoms with Gasteiger partial charge in [0, 0.05) is 31.7 Å². The number of alkyl halides is 1. The van der Waals surface area contributed by atoms with Gasteiger partial charge in [0.25, 0.3) is 5.56 Å². The van der Waals surface area contributed by atoms with Crippen LogP contribution in [0, 0.1) is 5.82 Å². The Morgan fingerprint density at radius 3 is 2.20 bits per heavy atom. The Bertz CT molecular complexity index is 1530. The Labute approximate surface area is 305 Å². The number of nitrogens with zero attached hydrogens (tertiary/aromatic N) is 3. The molecule has 2 amide bonds. The molecule has 284 valence electrons. The molecule has 3 aromatic rings. The van der Waals surface area contributed by atoms with Crippen LogP contribution in [0.5, 0.6) is 0 Å². The monoisotopic (exact) mass is 757 g/mol. The highest BCUT2D eigenvalue weighted by atomic mass is 35.5. The fourth-order valence-corrected chi connectivity index (χ4v) is 5.87. The van der Waals surface area contributed by atoms with Gasteiger partial charge in [0.15, 0.2) is 16.3 Å². The number of nitrogen functional groups attached to an aromatic ring is 1. The van der Waals surface area contributed by atoms with Crippen molar-refractivity contribution in [3.05, 3.63) is 46.0 Å². The lowest BCUT2D eigenvalue weighted by molar-refractivity contribution is -0.127. The van der Waals surface area contributed by atoms with E-state index in [1.807, 2.05) is 0 Å². The second-order valence-electron chi connectivity index (χ2n) is 11.3. The number of carbonyl (C=O) groups is 2. The Kier molecular flexibility index (Phi) is 20.5. The highest BCUT2D eigenvalue weighted by Crippen LogP contribution is 2.24. The van der Waals surface area contributed by atoms with Crippen LogP contribution in [0.15, 0.2) is 34.2 Å². The number of halogens is 2. The number of aromatic nitrogens is 4. The van der Waals surface area contributed by atoms with E-state index in [1.165, 1.54) is 19.1 Å². The predicted octanol–water partition coefficient (Wildman–Crippen LogP) is 2.48. The lowest BCUT2D eigenvalue weighted by atomic mass is 10.2. The number of benzene rings is 1. The molecule has 2 heterocycles. The van der Waals surface area contributed by atoms with Crippen molar-refractivity contribution < 1.29 is 37.7 Å². The number of nitrogens with two attached hydrogens (primary N) is 1. The molecule has 0 aliphatic heterocycles. The van der Waals surface area contributed by atoms with Gasteiger partial charge in [-0.05, 0) is 30.5 Å². The molecule has 3 rings (SSSR count). The molecule has 1 aromatic carbocycles. The molecule has 0 saturated heterocycles. The summed E-state index contributed by atoms with van der Waals surface area (Å²) in [4.78, 5) is 48.5. The fourth-order valence-electron chi connectivity index (χ4n) is 4.67. The number of rotatable bonds is 28. The van der Waals surface area contributed by atoms with Crippen LogP contribution in [0.1, 0.15) is 38.2 Å². The van der Waals surface area contributed by atoms with E-state index < -0.39 is 29.2 Å². The van der Waals surface area contributed by atoms with Crippen LogP contribution < -0.4 is 21.9 Å². The van der Waals surface area contributed by atoms with Crippen molar-refractivity contribution in [1.29, 1.82) is 0 Å². The third-order valence-corrected chi connectivity index (χ3v) is 8.43. The van der Waals surface area contributed by atoms with Crippen LogP contribution in [0.2, 0.25) is 0 Å². The minimum absolute atomic E-state index is 0.0415. The van der Waals surface area contributed by atoms with E-state index in [1.54, 1.807) is 16.7 Å². The number of fused-ring (bicyclic) bond motifs is 1. The van der Waals surface area contributed by atoms with E-state index in [-0.39, 0.29) is 42.6 Å². The minimum Gasteiger partial charge on any atom is -0.379 e. The van der Waals surface area contributed by atoms with Crippen LogP contribution in [0.25, 0.3) is 11.2 Å². The SMILES string of the molecule is CC(=O)N[C@H](CSc1nc2c(=O)[nH]c(N)nc2n1Cc1cccc(F)c1)C(=O)NCCOCCOCCOCCOCCOCCCCCCCl. The van der Waals surface area contributed by atoms with Gasteiger partial charge in [0.1, 0.15) is 11.9 Å². The largest absolute Gasteiger partial charge is 0.379 e. The third kappa shape index (κ3) is 16.7. The molecule has 0 saturated carbocycles. The van der Waals surface area contributed by atoms with Crippen molar-refractivity contribution in [3.8, 4) is 0 Å². The topological polar surface area (TPSA) is 194 Å². The van der Waals surface area contributed by atoms with Gasteiger partial charge in [-0.15, -0.1) is 11.6 Å². The highest BCUT2D eigenvalue weighted by Gasteiger charge is 2.23. The van der Waals surface area contributed by atoms with Gasteiger partial charge in [-0.25, -0.2) is 9.37 Å². The Hall–Kier alpha value is -3.32. The molecule has 0 aliphatic rings. The molecule has 0 aliphatic carbocycles. The van der Waals surface area contributed by atoms with Gasteiger partial charge in [-0.2, -0.15) is 4.98 Å². The summed E-state index contributed by atoms with van der Waals surface area (Å²) in [5, 5.41) is 5.74. The van der Waals surface area contributed by atoms with E-state index in [9.17, 15) is 18.8 Å². The number of imidazole rings is 1. The van der Waals surface area contributed by atoms with E-state index in [4.69, 9.17) is 41.0 Å².